The molecule has 0 aliphatic heterocycles. The maximum Gasteiger partial charge on any atom is 0.0726 e. The van der Waals surface area contributed by atoms with Gasteiger partial charge in [0.05, 0.1) is 17.1 Å². The summed E-state index contributed by atoms with van der Waals surface area (Å²) < 4.78 is 0. The van der Waals surface area contributed by atoms with Crippen LogP contribution < -0.4 is 4.90 Å². The zero-order chi connectivity index (χ0) is 14.0. The van der Waals surface area contributed by atoms with Crippen LogP contribution in [0.15, 0.2) is 30.3 Å². The number of aromatic nitrogens is 1. The zero-order valence-corrected chi connectivity index (χ0v) is 12.8. The van der Waals surface area contributed by atoms with Crippen LogP contribution in [0.25, 0.3) is 10.9 Å². The minimum absolute atomic E-state index is 0.446. The summed E-state index contributed by atoms with van der Waals surface area (Å²) in [6.45, 7) is 6.74. The highest BCUT2D eigenvalue weighted by molar-refractivity contribution is 6.17. The third-order valence-electron chi connectivity index (χ3n) is 3.84. The second-order valence-corrected chi connectivity index (χ2v) is 5.65. The van der Waals surface area contributed by atoms with E-state index in [0.29, 0.717) is 17.8 Å². The molecule has 3 heteroatoms. The summed E-state index contributed by atoms with van der Waals surface area (Å²) >= 11 is 5.97. The average Bonchev–Trinajstić information content (AvgIpc) is 2.44. The highest BCUT2D eigenvalue weighted by atomic mass is 35.5. The number of alkyl halides is 1. The first-order valence-electron chi connectivity index (χ1n) is 6.72. The minimum Gasteiger partial charge on any atom is -0.371 e. The smallest absolute Gasteiger partial charge is 0.0726 e. The summed E-state index contributed by atoms with van der Waals surface area (Å²) in [6, 6.07) is 10.8. The summed E-state index contributed by atoms with van der Waals surface area (Å²) in [6.07, 6.45) is 0. The van der Waals surface area contributed by atoms with E-state index in [0.717, 1.165) is 11.2 Å². The molecule has 102 valence electrons. The summed E-state index contributed by atoms with van der Waals surface area (Å²) in [7, 11) is 2.14. The Labute approximate surface area is 120 Å². The fourth-order valence-corrected chi connectivity index (χ4v) is 2.37. The first kappa shape index (κ1) is 14.1. The number of pyridine rings is 1. The van der Waals surface area contributed by atoms with E-state index < -0.39 is 0 Å². The van der Waals surface area contributed by atoms with Crippen molar-refractivity contribution in [3.63, 3.8) is 0 Å². The number of halogens is 1. The molecule has 2 rings (SSSR count). The van der Waals surface area contributed by atoms with Gasteiger partial charge in [-0.15, -0.1) is 11.6 Å². The van der Waals surface area contributed by atoms with E-state index in [2.05, 4.69) is 55.9 Å². The second-order valence-electron chi connectivity index (χ2n) is 5.38. The van der Waals surface area contributed by atoms with Gasteiger partial charge in [-0.25, -0.2) is 0 Å². The van der Waals surface area contributed by atoms with Crippen molar-refractivity contribution >= 4 is 28.2 Å². The van der Waals surface area contributed by atoms with Crippen molar-refractivity contribution < 1.29 is 0 Å². The van der Waals surface area contributed by atoms with Crippen molar-refractivity contribution in [2.45, 2.75) is 32.7 Å². The highest BCUT2D eigenvalue weighted by Crippen LogP contribution is 2.29. The van der Waals surface area contributed by atoms with Gasteiger partial charge in [-0.05, 0) is 25.0 Å². The van der Waals surface area contributed by atoms with E-state index in [4.69, 9.17) is 11.6 Å². The predicted octanol–water partition coefficient (Wildman–Crippen LogP) is 4.45. The molecule has 0 aliphatic carbocycles. The fraction of sp³-hybridized carbons (Fsp3) is 0.438. The highest BCUT2D eigenvalue weighted by Gasteiger charge is 2.16. The van der Waals surface area contributed by atoms with Crippen LogP contribution in [0.5, 0.6) is 0 Å². The average molecular weight is 277 g/mol. The van der Waals surface area contributed by atoms with Crippen LogP contribution in [0.3, 0.4) is 0 Å². The zero-order valence-electron chi connectivity index (χ0n) is 12.0. The lowest BCUT2D eigenvalue weighted by Gasteiger charge is -2.31. The van der Waals surface area contributed by atoms with E-state index >= 15 is 0 Å². The van der Waals surface area contributed by atoms with Crippen molar-refractivity contribution in [2.24, 2.45) is 5.92 Å². The largest absolute Gasteiger partial charge is 0.371 e. The molecule has 0 aliphatic rings. The molecule has 0 N–H and O–H groups in total. The monoisotopic (exact) mass is 276 g/mol. The molecular formula is C16H21ClN2. The lowest BCUT2D eigenvalue weighted by atomic mass is 10.0. The molecule has 2 aromatic rings. The Hall–Kier alpha value is -1.28. The maximum atomic E-state index is 5.97. The molecule has 1 aromatic carbocycles. The van der Waals surface area contributed by atoms with Crippen molar-refractivity contribution in [2.75, 3.05) is 11.9 Å². The molecule has 0 fully saturated rings. The van der Waals surface area contributed by atoms with Gasteiger partial charge in [0.2, 0.25) is 0 Å². The number of para-hydroxylation sites is 1. The lowest BCUT2D eigenvalue weighted by molar-refractivity contribution is 0.506. The number of hydrogen-bond acceptors (Lipinski definition) is 2. The number of anilines is 1. The molecule has 1 atom stereocenters. The summed E-state index contributed by atoms with van der Waals surface area (Å²) in [5.41, 5.74) is 3.15. The van der Waals surface area contributed by atoms with Gasteiger partial charge in [0, 0.05) is 24.2 Å². The van der Waals surface area contributed by atoms with Crippen LogP contribution in [0.4, 0.5) is 5.69 Å². The Kier molecular flexibility index (Phi) is 4.31. The van der Waals surface area contributed by atoms with E-state index in [1.807, 2.05) is 12.1 Å². The van der Waals surface area contributed by atoms with Gasteiger partial charge in [-0.2, -0.15) is 0 Å². The Bertz CT molecular complexity index is 566. The Morgan fingerprint density at radius 2 is 1.89 bits per heavy atom. The normalized spacial score (nSPS) is 12.9. The molecule has 0 spiro atoms. The van der Waals surface area contributed by atoms with Crippen LogP contribution >= 0.6 is 11.6 Å². The quantitative estimate of drug-likeness (QED) is 0.767. The molecule has 0 amide bonds. The van der Waals surface area contributed by atoms with Crippen LogP contribution in [0.1, 0.15) is 26.5 Å². The standard InChI is InChI=1S/C16H21ClN2/c1-11(2)12(3)19(4)16-9-13(10-17)18-15-8-6-5-7-14(15)16/h5-9,11-12H,10H2,1-4H3. The Morgan fingerprint density at radius 3 is 2.53 bits per heavy atom. The van der Waals surface area contributed by atoms with Gasteiger partial charge >= 0.3 is 0 Å². The molecule has 0 saturated heterocycles. The molecule has 19 heavy (non-hydrogen) atoms. The molecule has 0 saturated carbocycles. The van der Waals surface area contributed by atoms with E-state index in [1.165, 1.54) is 11.1 Å². The van der Waals surface area contributed by atoms with Crippen molar-refractivity contribution in [3.05, 3.63) is 36.0 Å². The molecule has 0 radical (unpaired) electrons. The molecule has 1 aromatic heterocycles. The van der Waals surface area contributed by atoms with Gasteiger partial charge in [0.15, 0.2) is 0 Å². The summed E-state index contributed by atoms with van der Waals surface area (Å²) in [5, 5.41) is 1.19. The predicted molar refractivity (Wildman–Crippen MR) is 84.0 cm³/mol. The second kappa shape index (κ2) is 5.79. The fourth-order valence-electron chi connectivity index (χ4n) is 2.24. The number of hydrogen-bond donors (Lipinski definition) is 0. The Balaban J connectivity index is 2.57. The van der Waals surface area contributed by atoms with E-state index in [9.17, 15) is 0 Å². The van der Waals surface area contributed by atoms with Gasteiger partial charge in [0.1, 0.15) is 0 Å². The topological polar surface area (TPSA) is 16.1 Å². The van der Waals surface area contributed by atoms with Gasteiger partial charge in [-0.1, -0.05) is 32.0 Å². The van der Waals surface area contributed by atoms with Crippen LogP contribution in [-0.4, -0.2) is 18.1 Å². The molecule has 1 unspecified atom stereocenters. The van der Waals surface area contributed by atoms with Crippen molar-refractivity contribution in [1.29, 1.82) is 0 Å². The number of fused-ring (bicyclic) bond motifs is 1. The lowest BCUT2D eigenvalue weighted by Crippen LogP contribution is -2.33. The molecule has 1 heterocycles. The van der Waals surface area contributed by atoms with Gasteiger partial charge in [0.25, 0.3) is 0 Å². The van der Waals surface area contributed by atoms with Crippen LogP contribution in [0, 0.1) is 5.92 Å². The first-order valence-corrected chi connectivity index (χ1v) is 7.25. The van der Waals surface area contributed by atoms with E-state index in [1.54, 1.807) is 0 Å². The maximum absolute atomic E-state index is 5.97. The van der Waals surface area contributed by atoms with Crippen LogP contribution in [-0.2, 0) is 5.88 Å². The number of rotatable bonds is 4. The summed E-state index contributed by atoms with van der Waals surface area (Å²) in [4.78, 5) is 6.91. The van der Waals surface area contributed by atoms with Crippen molar-refractivity contribution in [3.8, 4) is 0 Å². The third kappa shape index (κ3) is 2.84. The van der Waals surface area contributed by atoms with Gasteiger partial charge < -0.3 is 4.90 Å². The molecular weight excluding hydrogens is 256 g/mol. The van der Waals surface area contributed by atoms with Crippen LogP contribution in [0.2, 0.25) is 0 Å². The Morgan fingerprint density at radius 1 is 1.21 bits per heavy atom. The third-order valence-corrected chi connectivity index (χ3v) is 4.11. The molecule has 0 bridgehead atoms. The minimum atomic E-state index is 0.446. The first-order chi connectivity index (χ1) is 9.04. The number of nitrogens with zero attached hydrogens (tertiary/aromatic N) is 2. The van der Waals surface area contributed by atoms with Gasteiger partial charge in [-0.3, -0.25) is 4.98 Å². The summed E-state index contributed by atoms with van der Waals surface area (Å²) in [5.74, 6) is 1.04. The van der Waals surface area contributed by atoms with Crippen molar-refractivity contribution in [1.82, 2.24) is 4.98 Å². The SMILES string of the molecule is CC(C)C(C)N(C)c1cc(CCl)nc2ccccc12. The number of benzene rings is 1. The molecule has 2 nitrogen and oxygen atoms in total. The van der Waals surface area contributed by atoms with E-state index in [-0.39, 0.29) is 0 Å².